The van der Waals surface area contributed by atoms with Gasteiger partial charge in [-0.1, -0.05) is 22.4 Å². The van der Waals surface area contributed by atoms with Crippen LogP contribution in [0.1, 0.15) is 11.3 Å². The van der Waals surface area contributed by atoms with Gasteiger partial charge in [-0.15, -0.1) is 0 Å². The fraction of sp³-hybridized carbons (Fsp3) is 0.231. The largest absolute Gasteiger partial charge is 0.484 e. The van der Waals surface area contributed by atoms with Crippen LogP contribution in [0.2, 0.25) is 0 Å². The second kappa shape index (κ2) is 10.8. The molecule has 3 heterocycles. The topological polar surface area (TPSA) is 121 Å². The summed E-state index contributed by atoms with van der Waals surface area (Å²) in [6.45, 7) is 0.934. The van der Waals surface area contributed by atoms with Crippen molar-refractivity contribution in [1.82, 2.24) is 15.2 Å². The highest BCUT2D eigenvalue weighted by atomic mass is 19.1. The highest BCUT2D eigenvalue weighted by molar-refractivity contribution is 5.78. The van der Waals surface area contributed by atoms with Crippen molar-refractivity contribution in [2.24, 2.45) is 0 Å². The molecule has 1 unspecified atom stereocenters. The molecule has 188 valence electrons. The van der Waals surface area contributed by atoms with Crippen LogP contribution in [-0.4, -0.2) is 53.7 Å². The molecule has 1 N–H and O–H groups in total. The van der Waals surface area contributed by atoms with E-state index in [-0.39, 0.29) is 19.7 Å². The Morgan fingerprint density at radius 2 is 1.95 bits per heavy atom. The second-order valence-electron chi connectivity index (χ2n) is 8.36. The van der Waals surface area contributed by atoms with Crippen LogP contribution in [0.3, 0.4) is 0 Å². The smallest absolute Gasteiger partial charge is 0.262 e. The Hall–Kier alpha value is -4.85. The molecule has 2 aromatic carbocycles. The maximum atomic E-state index is 14.9. The zero-order valence-electron chi connectivity index (χ0n) is 19.7. The van der Waals surface area contributed by atoms with Gasteiger partial charge in [-0.3, -0.25) is 4.79 Å². The molecule has 10 nitrogen and oxygen atoms in total. The minimum Gasteiger partial charge on any atom is -0.484 e. The van der Waals surface area contributed by atoms with Gasteiger partial charge in [-0.25, -0.2) is 4.39 Å². The zero-order valence-corrected chi connectivity index (χ0v) is 19.7. The first-order valence-electron chi connectivity index (χ1n) is 11.6. The van der Waals surface area contributed by atoms with E-state index in [9.17, 15) is 9.18 Å². The molecular weight excluding hydrogens is 479 g/mol. The van der Waals surface area contributed by atoms with Gasteiger partial charge in [0.25, 0.3) is 5.91 Å². The van der Waals surface area contributed by atoms with Gasteiger partial charge in [0, 0.05) is 36.5 Å². The minimum absolute atomic E-state index is 0.0593. The maximum absolute atomic E-state index is 14.9. The van der Waals surface area contributed by atoms with Crippen molar-refractivity contribution in [2.45, 2.75) is 12.8 Å². The van der Waals surface area contributed by atoms with Gasteiger partial charge < -0.3 is 28.9 Å². The zero-order chi connectivity index (χ0) is 25.6. The molecule has 1 atom stereocenters. The Labute approximate surface area is 211 Å². The van der Waals surface area contributed by atoms with E-state index in [1.165, 1.54) is 11.2 Å². The summed E-state index contributed by atoms with van der Waals surface area (Å²) >= 11 is 0. The highest BCUT2D eigenvalue weighted by Gasteiger charge is 2.30. The van der Waals surface area contributed by atoms with Crippen molar-refractivity contribution in [1.29, 1.82) is 5.26 Å². The summed E-state index contributed by atoms with van der Waals surface area (Å²) in [6, 6.07) is 19.6. The fourth-order valence-corrected chi connectivity index (χ4v) is 3.97. The van der Waals surface area contributed by atoms with E-state index in [0.717, 1.165) is 11.3 Å². The molecule has 0 saturated carbocycles. The molecule has 37 heavy (non-hydrogen) atoms. The molecule has 1 aliphatic rings. The quantitative estimate of drug-likeness (QED) is 0.358. The number of piperazine rings is 1. The monoisotopic (exact) mass is 502 g/mol. The number of halogens is 1. The molecule has 0 bridgehead atoms. The van der Waals surface area contributed by atoms with E-state index < -0.39 is 12.2 Å². The number of aromatic nitrogens is 2. The third-order valence-electron chi connectivity index (χ3n) is 5.95. The Morgan fingerprint density at radius 3 is 2.65 bits per heavy atom. The van der Waals surface area contributed by atoms with Crippen LogP contribution >= 0.6 is 0 Å². The summed E-state index contributed by atoms with van der Waals surface area (Å²) in [5, 5.41) is 19.8. The first-order valence-corrected chi connectivity index (χ1v) is 11.6. The van der Waals surface area contributed by atoms with E-state index in [1.54, 1.807) is 30.3 Å². The molecule has 11 heteroatoms. The number of carbonyl (C=O) groups excluding carboxylic acids is 1. The summed E-state index contributed by atoms with van der Waals surface area (Å²) in [7, 11) is 0. The number of rotatable bonds is 8. The van der Waals surface area contributed by atoms with Crippen LogP contribution in [-0.2, 0) is 11.3 Å². The summed E-state index contributed by atoms with van der Waals surface area (Å²) in [5.41, 5.74) is 2.90. The van der Waals surface area contributed by atoms with Gasteiger partial charge in [0.15, 0.2) is 24.5 Å². The molecule has 1 saturated heterocycles. The number of hydrogen-bond donors (Lipinski definition) is 1. The van der Waals surface area contributed by atoms with Gasteiger partial charge in [-0.05, 0) is 36.4 Å². The predicted octanol–water partition coefficient (Wildman–Crippen LogP) is 3.84. The number of amides is 1. The number of nitrogens with one attached hydrogen (secondary N) is 1. The number of carbonyl (C=O) groups is 1. The van der Waals surface area contributed by atoms with Crippen LogP contribution in [0.5, 0.6) is 5.75 Å². The highest BCUT2D eigenvalue weighted by Crippen LogP contribution is 2.25. The Bertz CT molecular complexity index is 1370. The molecule has 2 aromatic heterocycles. The number of nitriles is 1. The summed E-state index contributed by atoms with van der Waals surface area (Å²) < 4.78 is 30.5. The molecule has 5 rings (SSSR count). The fourth-order valence-electron chi connectivity index (χ4n) is 3.97. The Kier molecular flexibility index (Phi) is 6.98. The normalized spacial score (nSPS) is 15.3. The van der Waals surface area contributed by atoms with Crippen molar-refractivity contribution in [2.75, 3.05) is 36.5 Å². The number of benzene rings is 2. The van der Waals surface area contributed by atoms with Gasteiger partial charge in [0.05, 0.1) is 24.7 Å². The third-order valence-corrected chi connectivity index (χ3v) is 5.95. The number of ether oxygens (including phenoxy) is 1. The standard InChI is InChI=1S/C26H23FN6O4/c27-24-16-32(10-11-33(24)26(34)17-35-21-7-1-18(14-28)2-8-21)20-5-3-19(4-6-20)23-13-22(37-30-23)15-29-25-9-12-36-31-25/h1-9,12-13,24H,10-11,15-17H2,(H,29,31). The second-order valence-corrected chi connectivity index (χ2v) is 8.36. The Morgan fingerprint density at radius 1 is 1.14 bits per heavy atom. The van der Waals surface area contributed by atoms with Crippen molar-refractivity contribution in [3.63, 3.8) is 0 Å². The predicted molar refractivity (Wildman–Crippen MR) is 131 cm³/mol. The molecule has 1 fully saturated rings. The van der Waals surface area contributed by atoms with Gasteiger partial charge in [0.1, 0.15) is 17.7 Å². The minimum atomic E-state index is -1.46. The van der Waals surface area contributed by atoms with E-state index in [1.807, 2.05) is 41.3 Å². The molecule has 0 radical (unpaired) electrons. The van der Waals surface area contributed by atoms with Crippen LogP contribution in [0.25, 0.3) is 11.3 Å². The number of hydrogen-bond acceptors (Lipinski definition) is 9. The van der Waals surface area contributed by atoms with Crippen LogP contribution in [0.15, 0.2) is 76.0 Å². The molecule has 0 spiro atoms. The molecule has 1 aliphatic heterocycles. The summed E-state index contributed by atoms with van der Waals surface area (Å²) in [6.07, 6.45) is 0.0209. The average molecular weight is 503 g/mol. The van der Waals surface area contributed by atoms with Gasteiger partial charge in [-0.2, -0.15) is 5.26 Å². The average Bonchev–Trinajstić information content (AvgIpc) is 3.63. The van der Waals surface area contributed by atoms with E-state index in [2.05, 4.69) is 15.6 Å². The van der Waals surface area contributed by atoms with E-state index in [4.69, 9.17) is 19.0 Å². The maximum Gasteiger partial charge on any atom is 0.262 e. The van der Waals surface area contributed by atoms with Crippen molar-refractivity contribution in [3.05, 3.63) is 78.3 Å². The van der Waals surface area contributed by atoms with Crippen molar-refractivity contribution >= 4 is 17.4 Å². The molecule has 4 aromatic rings. The Balaban J connectivity index is 1.13. The number of alkyl halides is 1. The van der Waals surface area contributed by atoms with Crippen molar-refractivity contribution < 1.29 is 23.0 Å². The molecule has 1 amide bonds. The van der Waals surface area contributed by atoms with Gasteiger partial charge >= 0.3 is 0 Å². The van der Waals surface area contributed by atoms with Crippen LogP contribution < -0.4 is 15.0 Å². The molecule has 0 aliphatic carbocycles. The van der Waals surface area contributed by atoms with Gasteiger partial charge in [0.2, 0.25) is 0 Å². The molecular formula is C26H23FN6O4. The lowest BCUT2D eigenvalue weighted by molar-refractivity contribution is -0.139. The lowest BCUT2D eigenvalue weighted by Crippen LogP contribution is -2.54. The lowest BCUT2D eigenvalue weighted by Gasteiger charge is -2.38. The van der Waals surface area contributed by atoms with E-state index in [0.29, 0.717) is 41.7 Å². The number of anilines is 2. The number of nitrogens with zero attached hydrogens (tertiary/aromatic N) is 5. The first kappa shape index (κ1) is 23.9. The lowest BCUT2D eigenvalue weighted by atomic mass is 10.1. The third kappa shape index (κ3) is 5.70. The van der Waals surface area contributed by atoms with E-state index >= 15 is 0 Å². The SMILES string of the molecule is N#Cc1ccc(OCC(=O)N2CCN(c3ccc(-c4cc(CNc5ccon5)on4)cc3)CC2F)cc1. The van der Waals surface area contributed by atoms with Crippen LogP contribution in [0, 0.1) is 11.3 Å². The first-order chi connectivity index (χ1) is 18.1. The summed E-state index contributed by atoms with van der Waals surface area (Å²) in [5.74, 6) is 1.28. The van der Waals surface area contributed by atoms with Crippen LogP contribution in [0.4, 0.5) is 15.9 Å². The van der Waals surface area contributed by atoms with Crippen molar-refractivity contribution in [3.8, 4) is 23.1 Å². The summed E-state index contributed by atoms with van der Waals surface area (Å²) in [4.78, 5) is 15.6.